The van der Waals surface area contributed by atoms with E-state index in [2.05, 4.69) is 123 Å². The summed E-state index contributed by atoms with van der Waals surface area (Å²) in [6.07, 6.45) is 68.3. The minimum atomic E-state index is -1.13. The number of quaternary nitrogens is 1. The molecule has 0 aliphatic carbocycles. The second-order valence-electron chi connectivity index (χ2n) is 18.7. The van der Waals surface area contributed by atoms with Crippen molar-refractivity contribution in [2.45, 2.75) is 212 Å². The first-order chi connectivity index (χ1) is 33.1. The Bertz CT molecular complexity index is 1470. The van der Waals surface area contributed by atoms with E-state index in [1.54, 1.807) is 21.1 Å². The van der Waals surface area contributed by atoms with Crippen molar-refractivity contribution in [3.05, 3.63) is 109 Å². The molecule has 0 bridgehead atoms. The number of esters is 2. The summed E-state index contributed by atoms with van der Waals surface area (Å²) in [5.41, 5.74) is 0. The van der Waals surface area contributed by atoms with Crippen LogP contribution in [0.15, 0.2) is 109 Å². The fourth-order valence-corrected chi connectivity index (χ4v) is 7.32. The number of aliphatic carboxylic acids is 1. The second-order valence-corrected chi connectivity index (χ2v) is 18.7. The van der Waals surface area contributed by atoms with Gasteiger partial charge in [-0.25, -0.2) is 0 Å². The lowest BCUT2D eigenvalue weighted by Crippen LogP contribution is -2.55. The molecule has 0 aromatic rings. The Balaban J connectivity index is 4.30. The van der Waals surface area contributed by atoms with Crippen molar-refractivity contribution in [1.29, 1.82) is 0 Å². The lowest BCUT2D eigenvalue weighted by Gasteiger charge is -2.34. The molecule has 0 N–H and O–H groups in total. The predicted octanol–water partition coefficient (Wildman–Crippen LogP) is 14.6. The molecule has 0 saturated heterocycles. The molecule has 0 spiro atoms. The Morgan fingerprint density at radius 2 is 0.779 bits per heavy atom. The van der Waals surface area contributed by atoms with Gasteiger partial charge in [0, 0.05) is 19.3 Å². The Morgan fingerprint density at radius 1 is 0.441 bits per heavy atom. The van der Waals surface area contributed by atoms with Crippen LogP contribution in [0.1, 0.15) is 200 Å². The Morgan fingerprint density at radius 3 is 1.15 bits per heavy atom. The smallest absolute Gasteiger partial charge is 0.306 e. The molecular weight excluding hydrogens is 847 g/mol. The number of likely N-dealkylation sites (N-methyl/N-ethyl adjacent to an activating group) is 1. The highest BCUT2D eigenvalue weighted by atomic mass is 16.6. The van der Waals surface area contributed by atoms with Gasteiger partial charge in [-0.1, -0.05) is 194 Å². The molecule has 2 atom stereocenters. The van der Waals surface area contributed by atoms with Crippen LogP contribution in [0.25, 0.3) is 0 Å². The van der Waals surface area contributed by atoms with Gasteiger partial charge in [0.1, 0.15) is 12.6 Å². The summed E-state index contributed by atoms with van der Waals surface area (Å²) >= 11 is 0. The summed E-state index contributed by atoms with van der Waals surface area (Å²) in [4.78, 5) is 37.1. The first-order valence-electron chi connectivity index (χ1n) is 26.9. The van der Waals surface area contributed by atoms with Gasteiger partial charge in [-0.3, -0.25) is 9.59 Å². The third kappa shape index (κ3) is 47.1. The highest BCUT2D eigenvalue weighted by Crippen LogP contribution is 2.14. The van der Waals surface area contributed by atoms with E-state index in [-0.39, 0.29) is 49.1 Å². The van der Waals surface area contributed by atoms with Crippen LogP contribution in [-0.2, 0) is 28.6 Å². The Hall–Kier alpha value is -4.01. The Kier molecular flexibility index (Phi) is 46.5. The lowest BCUT2D eigenvalue weighted by molar-refractivity contribution is -0.889. The number of hydrogen-bond acceptors (Lipinski definition) is 7. The fourth-order valence-electron chi connectivity index (χ4n) is 7.32. The quantitative estimate of drug-likeness (QED) is 0.0259. The topological polar surface area (TPSA) is 102 Å². The van der Waals surface area contributed by atoms with Crippen molar-refractivity contribution >= 4 is 17.9 Å². The van der Waals surface area contributed by atoms with Crippen LogP contribution in [0.5, 0.6) is 0 Å². The third-order valence-electron chi connectivity index (χ3n) is 11.4. The van der Waals surface area contributed by atoms with E-state index < -0.39 is 18.1 Å². The number of allylic oxidation sites excluding steroid dienone is 18. The molecule has 0 aromatic heterocycles. The van der Waals surface area contributed by atoms with Gasteiger partial charge >= 0.3 is 11.9 Å². The van der Waals surface area contributed by atoms with Gasteiger partial charge in [0.2, 0.25) is 0 Å². The summed E-state index contributed by atoms with van der Waals surface area (Å²) in [5, 5.41) is 11.7. The molecule has 2 unspecified atom stereocenters. The van der Waals surface area contributed by atoms with Crippen molar-refractivity contribution in [3.63, 3.8) is 0 Å². The van der Waals surface area contributed by atoms with Gasteiger partial charge in [0.15, 0.2) is 6.10 Å². The normalized spacial score (nSPS) is 13.7. The van der Waals surface area contributed by atoms with Gasteiger partial charge in [0.25, 0.3) is 0 Å². The van der Waals surface area contributed by atoms with Crippen LogP contribution < -0.4 is 5.11 Å². The SMILES string of the molecule is CC/C=C/C/C=C/C/C=C/C/C=C/C/C=C/C/C=C/CCCCCCC(=O)OC(COCCC(C(=O)[O-])[N+](C)(C)C)COC(=O)CCCCCCCCCCCCC/C=C/C/C=C/C/C=C/CC. The number of nitrogens with zero attached hydrogens (tertiary/aromatic N) is 1. The molecule has 0 aliphatic heterocycles. The van der Waals surface area contributed by atoms with E-state index >= 15 is 0 Å². The standard InChI is InChI=1S/C60H99NO7/c1-6-8-10-12-14-16-18-20-22-24-26-28-29-31-33-35-37-39-41-43-45-47-49-51-59(63)68-56(54-66-53-52-57(60(64)65)61(3,4)5)55-67-58(62)50-48-46-44-42-40-38-36-34-32-30-27-25-23-21-19-17-15-13-11-9-7-2/h8-11,14-17,20-23,26,28,31,33,37,39,56-57H,6-7,12-13,18-19,24-25,27,29-30,32,34-36,38,40-55H2,1-5H3/b10-8+,11-9+,16-14+,17-15+,22-20+,23-21+,28-26+,33-31+,39-37+. The van der Waals surface area contributed by atoms with Crippen LogP contribution in [0, 0.1) is 0 Å². The Labute approximate surface area is 417 Å². The molecule has 68 heavy (non-hydrogen) atoms. The summed E-state index contributed by atoms with van der Waals surface area (Å²) in [6.45, 7) is 4.41. The van der Waals surface area contributed by atoms with E-state index in [1.807, 2.05) is 0 Å². The number of hydrogen-bond donors (Lipinski definition) is 0. The van der Waals surface area contributed by atoms with Crippen LogP contribution in [0.4, 0.5) is 0 Å². The monoisotopic (exact) mass is 946 g/mol. The minimum absolute atomic E-state index is 0.0229. The van der Waals surface area contributed by atoms with E-state index in [1.165, 1.54) is 57.8 Å². The number of rotatable bonds is 47. The van der Waals surface area contributed by atoms with Gasteiger partial charge in [-0.2, -0.15) is 0 Å². The van der Waals surface area contributed by atoms with Crippen molar-refractivity contribution in [3.8, 4) is 0 Å². The van der Waals surface area contributed by atoms with E-state index in [9.17, 15) is 19.5 Å². The average Bonchev–Trinajstić information content (AvgIpc) is 3.30. The molecule has 0 fully saturated rings. The van der Waals surface area contributed by atoms with Gasteiger partial charge in [-0.15, -0.1) is 0 Å². The molecule has 0 heterocycles. The summed E-state index contributed by atoms with van der Waals surface area (Å²) < 4.78 is 17.2. The van der Waals surface area contributed by atoms with Crippen LogP contribution in [0.3, 0.4) is 0 Å². The van der Waals surface area contributed by atoms with Gasteiger partial charge < -0.3 is 28.6 Å². The number of carboxylic acid groups (broad SMARTS) is 1. The first kappa shape index (κ1) is 64.0. The summed E-state index contributed by atoms with van der Waals surface area (Å²) in [7, 11) is 5.40. The lowest BCUT2D eigenvalue weighted by atomic mass is 10.0. The fraction of sp³-hybridized carbons (Fsp3) is 0.650. The number of carbonyl (C=O) groups excluding carboxylic acids is 3. The predicted molar refractivity (Wildman–Crippen MR) is 286 cm³/mol. The molecule has 8 nitrogen and oxygen atoms in total. The molecule has 0 saturated carbocycles. The molecule has 8 heteroatoms. The van der Waals surface area contributed by atoms with Crippen LogP contribution in [0.2, 0.25) is 0 Å². The zero-order valence-electron chi connectivity index (χ0n) is 44.0. The maximum Gasteiger partial charge on any atom is 0.306 e. The molecule has 0 aliphatic rings. The van der Waals surface area contributed by atoms with Gasteiger partial charge in [0.05, 0.1) is 40.3 Å². The van der Waals surface area contributed by atoms with Crippen molar-refractivity contribution in [2.24, 2.45) is 0 Å². The number of ether oxygens (including phenoxy) is 3. The zero-order valence-corrected chi connectivity index (χ0v) is 44.0. The zero-order chi connectivity index (χ0) is 49.9. The number of carboxylic acids is 1. The van der Waals surface area contributed by atoms with Crippen molar-refractivity contribution in [2.75, 3.05) is 41.0 Å². The maximum atomic E-state index is 12.8. The maximum absolute atomic E-state index is 12.8. The molecule has 0 amide bonds. The third-order valence-corrected chi connectivity index (χ3v) is 11.4. The summed E-state index contributed by atoms with van der Waals surface area (Å²) in [6, 6.07) is -0.739. The first-order valence-corrected chi connectivity index (χ1v) is 26.9. The van der Waals surface area contributed by atoms with Crippen LogP contribution >= 0.6 is 0 Å². The summed E-state index contributed by atoms with van der Waals surface area (Å²) in [5.74, 6) is -1.78. The number of unbranched alkanes of at least 4 members (excludes halogenated alkanes) is 15. The minimum Gasteiger partial charge on any atom is -0.544 e. The highest BCUT2D eigenvalue weighted by Gasteiger charge is 2.25. The molecule has 0 aromatic carbocycles. The molecule has 0 radical (unpaired) electrons. The van der Waals surface area contributed by atoms with E-state index in [0.29, 0.717) is 6.42 Å². The molecule has 386 valence electrons. The van der Waals surface area contributed by atoms with Crippen molar-refractivity contribution in [1.82, 2.24) is 0 Å². The van der Waals surface area contributed by atoms with E-state index in [4.69, 9.17) is 14.2 Å². The van der Waals surface area contributed by atoms with E-state index in [0.717, 1.165) is 109 Å². The second kappa shape index (κ2) is 49.4. The molecular formula is C60H99NO7. The van der Waals surface area contributed by atoms with Crippen LogP contribution in [-0.4, -0.2) is 75.5 Å². The molecule has 0 rings (SSSR count). The largest absolute Gasteiger partial charge is 0.544 e. The van der Waals surface area contributed by atoms with Crippen molar-refractivity contribution < 1.29 is 38.2 Å². The highest BCUT2D eigenvalue weighted by molar-refractivity contribution is 5.70. The van der Waals surface area contributed by atoms with Gasteiger partial charge in [-0.05, 0) is 96.3 Å². The number of carbonyl (C=O) groups is 3. The average molecular weight is 946 g/mol.